The highest BCUT2D eigenvalue weighted by Crippen LogP contribution is 2.35. The largest absolute Gasteiger partial charge is 0.465 e. The van der Waals surface area contributed by atoms with Crippen molar-refractivity contribution in [2.24, 2.45) is 0 Å². The number of rotatable bonds is 6. The summed E-state index contributed by atoms with van der Waals surface area (Å²) < 4.78 is 4.85. The van der Waals surface area contributed by atoms with Crippen molar-refractivity contribution in [1.82, 2.24) is 0 Å². The van der Waals surface area contributed by atoms with Gasteiger partial charge < -0.3 is 15.4 Å². The number of hydrogen-bond acceptors (Lipinski definition) is 7. The minimum Gasteiger partial charge on any atom is -0.465 e. The van der Waals surface area contributed by atoms with Crippen LogP contribution >= 0.6 is 11.3 Å². The van der Waals surface area contributed by atoms with Crippen molar-refractivity contribution in [3.8, 4) is 0 Å². The highest BCUT2D eigenvalue weighted by molar-refractivity contribution is 7.19. The Balaban J connectivity index is 1.96. The normalized spacial score (nSPS) is 10.5. The van der Waals surface area contributed by atoms with Crippen molar-refractivity contribution in [3.63, 3.8) is 0 Å². The van der Waals surface area contributed by atoms with E-state index in [1.54, 1.807) is 13.8 Å². The Kier molecular flexibility index (Phi) is 7.11. The number of esters is 1. The molecule has 9 nitrogen and oxygen atoms in total. The van der Waals surface area contributed by atoms with Crippen LogP contribution in [0.25, 0.3) is 0 Å². The molecule has 2 amide bonds. The fraction of sp³-hybridized carbons (Fsp3) is 0.208. The second kappa shape index (κ2) is 9.84. The van der Waals surface area contributed by atoms with Gasteiger partial charge in [0.15, 0.2) is 0 Å². The zero-order valence-corrected chi connectivity index (χ0v) is 20.1. The summed E-state index contributed by atoms with van der Waals surface area (Å²) in [5.74, 6) is -1.82. The third-order valence-corrected chi connectivity index (χ3v) is 6.32. The lowest BCUT2D eigenvalue weighted by Crippen LogP contribution is -2.15. The lowest BCUT2D eigenvalue weighted by atomic mass is 10.1. The maximum atomic E-state index is 13.0. The molecule has 0 aliphatic carbocycles. The zero-order chi connectivity index (χ0) is 25.2. The third kappa shape index (κ3) is 5.12. The summed E-state index contributed by atoms with van der Waals surface area (Å²) in [7, 11) is 1.20. The first kappa shape index (κ1) is 24.6. The minimum absolute atomic E-state index is 0.0420. The Morgan fingerprint density at radius 3 is 2.18 bits per heavy atom. The quantitative estimate of drug-likeness (QED) is 0.284. The molecule has 0 aliphatic heterocycles. The second-order valence-electron chi connectivity index (χ2n) is 7.79. The first-order chi connectivity index (χ1) is 16.0. The van der Waals surface area contributed by atoms with Gasteiger partial charge in [0.05, 0.1) is 22.5 Å². The highest BCUT2D eigenvalue weighted by Gasteiger charge is 2.27. The first-order valence-corrected chi connectivity index (χ1v) is 11.0. The summed E-state index contributed by atoms with van der Waals surface area (Å²) in [5.41, 5.74) is 3.22. The summed E-state index contributed by atoms with van der Waals surface area (Å²) in [6.45, 7) is 6.98. The van der Waals surface area contributed by atoms with Gasteiger partial charge in [-0.2, -0.15) is 0 Å². The van der Waals surface area contributed by atoms with Gasteiger partial charge in [-0.25, -0.2) is 4.79 Å². The van der Waals surface area contributed by atoms with E-state index in [0.29, 0.717) is 16.8 Å². The molecule has 3 aromatic rings. The van der Waals surface area contributed by atoms with Crippen LogP contribution in [-0.4, -0.2) is 29.8 Å². The van der Waals surface area contributed by atoms with Gasteiger partial charge in [0.2, 0.25) is 0 Å². The molecule has 2 aromatic carbocycles. The molecule has 3 rings (SSSR count). The van der Waals surface area contributed by atoms with Gasteiger partial charge in [-0.1, -0.05) is 12.1 Å². The number of thiophene rings is 1. The Morgan fingerprint density at radius 1 is 0.941 bits per heavy atom. The molecule has 0 saturated carbocycles. The average molecular weight is 482 g/mol. The van der Waals surface area contributed by atoms with Crippen molar-refractivity contribution >= 4 is 45.5 Å². The summed E-state index contributed by atoms with van der Waals surface area (Å²) in [4.78, 5) is 49.2. The Labute approximate surface area is 199 Å². The number of methoxy groups -OCH3 is 1. The van der Waals surface area contributed by atoms with E-state index in [0.717, 1.165) is 28.5 Å². The van der Waals surface area contributed by atoms with E-state index in [-0.39, 0.29) is 26.7 Å². The first-order valence-electron chi connectivity index (χ1n) is 10.2. The number of carbonyl (C=O) groups excluding carboxylic acids is 3. The van der Waals surface area contributed by atoms with Crippen LogP contribution in [0.4, 0.5) is 16.4 Å². The van der Waals surface area contributed by atoms with E-state index in [4.69, 9.17) is 4.74 Å². The molecule has 1 aromatic heterocycles. The molecule has 0 radical (unpaired) electrons. The van der Waals surface area contributed by atoms with Gasteiger partial charge >= 0.3 is 5.97 Å². The number of hydrogen-bond donors (Lipinski definition) is 2. The van der Waals surface area contributed by atoms with E-state index in [1.165, 1.54) is 19.2 Å². The fourth-order valence-electron chi connectivity index (χ4n) is 3.52. The highest BCUT2D eigenvalue weighted by atomic mass is 32.1. The number of nitrogens with one attached hydrogen (secondary N) is 2. The monoisotopic (exact) mass is 481 g/mol. The molecule has 34 heavy (non-hydrogen) atoms. The van der Waals surface area contributed by atoms with Gasteiger partial charge in [-0.3, -0.25) is 19.7 Å². The number of amides is 2. The van der Waals surface area contributed by atoms with Crippen molar-refractivity contribution in [1.29, 1.82) is 0 Å². The molecular weight excluding hydrogens is 458 g/mol. The Morgan fingerprint density at radius 2 is 1.59 bits per heavy atom. The van der Waals surface area contributed by atoms with Crippen LogP contribution in [0.5, 0.6) is 0 Å². The zero-order valence-electron chi connectivity index (χ0n) is 19.3. The SMILES string of the molecule is COC(=O)c1c(NC(=O)c2ccc(C)c([N+](=O)[O-])c2)sc(C(=O)Nc2cc(C)cc(C)c2)c1C. The maximum Gasteiger partial charge on any atom is 0.341 e. The van der Waals surface area contributed by atoms with Crippen LogP contribution in [0.3, 0.4) is 0 Å². The van der Waals surface area contributed by atoms with Crippen molar-refractivity contribution in [2.75, 3.05) is 17.7 Å². The summed E-state index contributed by atoms with van der Waals surface area (Å²) >= 11 is 0.924. The van der Waals surface area contributed by atoms with Crippen LogP contribution in [0.1, 0.15) is 52.6 Å². The topological polar surface area (TPSA) is 128 Å². The standard InChI is InChI=1S/C24H23N3O6S/c1-12-8-13(2)10-17(9-12)25-22(29)20-15(4)19(24(30)33-5)23(34-20)26-21(28)16-7-6-14(3)18(11-16)27(31)32/h6-11H,1-5H3,(H,25,29)(H,26,28). The fourth-order valence-corrected chi connectivity index (χ4v) is 4.61. The number of aryl methyl sites for hydroxylation is 3. The molecule has 0 fully saturated rings. The number of anilines is 2. The molecule has 0 aliphatic rings. The van der Waals surface area contributed by atoms with Gasteiger partial charge in [0.1, 0.15) is 5.00 Å². The minimum atomic E-state index is -0.718. The van der Waals surface area contributed by atoms with Crippen molar-refractivity contribution in [3.05, 3.63) is 84.8 Å². The Bertz CT molecular complexity index is 1310. The molecule has 1 heterocycles. The number of nitro benzene ring substituents is 1. The summed E-state index contributed by atoms with van der Waals surface area (Å²) in [5, 5.41) is 16.8. The molecule has 0 saturated heterocycles. The van der Waals surface area contributed by atoms with Gasteiger partial charge in [0.25, 0.3) is 17.5 Å². The van der Waals surface area contributed by atoms with Crippen molar-refractivity contribution in [2.45, 2.75) is 27.7 Å². The number of carbonyl (C=O) groups is 3. The van der Waals surface area contributed by atoms with Gasteiger partial charge in [-0.15, -0.1) is 11.3 Å². The molecule has 0 unspecified atom stereocenters. The second-order valence-corrected chi connectivity index (χ2v) is 8.82. The van der Waals surface area contributed by atoms with Crippen molar-refractivity contribution < 1.29 is 24.0 Å². The maximum absolute atomic E-state index is 13.0. The molecule has 0 atom stereocenters. The predicted octanol–water partition coefficient (Wildman–Crippen LogP) is 5.18. The Hall–Kier alpha value is -4.05. The molecule has 10 heteroatoms. The van der Waals surface area contributed by atoms with E-state index >= 15 is 0 Å². The van der Waals surface area contributed by atoms with Crippen LogP contribution < -0.4 is 10.6 Å². The van der Waals surface area contributed by atoms with Gasteiger partial charge in [0, 0.05) is 22.9 Å². The van der Waals surface area contributed by atoms with E-state index < -0.39 is 22.7 Å². The number of nitro groups is 1. The number of nitrogens with zero attached hydrogens (tertiary/aromatic N) is 1. The summed E-state index contributed by atoms with van der Waals surface area (Å²) in [6, 6.07) is 9.70. The lowest BCUT2D eigenvalue weighted by Gasteiger charge is -2.07. The van der Waals surface area contributed by atoms with Crippen LogP contribution in [0.2, 0.25) is 0 Å². The number of benzene rings is 2. The smallest absolute Gasteiger partial charge is 0.341 e. The summed E-state index contributed by atoms with van der Waals surface area (Å²) in [6.07, 6.45) is 0. The molecule has 0 spiro atoms. The van der Waals surface area contributed by atoms with Gasteiger partial charge in [-0.05, 0) is 62.6 Å². The van der Waals surface area contributed by atoms with Crippen LogP contribution in [0, 0.1) is 37.8 Å². The average Bonchev–Trinajstić information content (AvgIpc) is 3.08. The van der Waals surface area contributed by atoms with E-state index in [1.807, 2.05) is 32.0 Å². The lowest BCUT2D eigenvalue weighted by molar-refractivity contribution is -0.385. The third-order valence-electron chi connectivity index (χ3n) is 5.12. The molecule has 2 N–H and O–H groups in total. The molecule has 0 bridgehead atoms. The van der Waals surface area contributed by atoms with Crippen LogP contribution in [-0.2, 0) is 4.74 Å². The van der Waals surface area contributed by atoms with E-state index in [9.17, 15) is 24.5 Å². The van der Waals surface area contributed by atoms with Crippen LogP contribution in [0.15, 0.2) is 36.4 Å². The number of ether oxygens (including phenoxy) is 1. The predicted molar refractivity (Wildman–Crippen MR) is 130 cm³/mol. The van der Waals surface area contributed by atoms with E-state index in [2.05, 4.69) is 10.6 Å². The molecule has 176 valence electrons. The molecular formula is C24H23N3O6S.